The molecule has 0 saturated heterocycles. The smallest absolute Gasteiger partial charge is 0.189 e. The second kappa shape index (κ2) is 5.61. The third kappa shape index (κ3) is 2.88. The van der Waals surface area contributed by atoms with Gasteiger partial charge in [0.1, 0.15) is 11.5 Å². The molecule has 0 spiro atoms. The maximum atomic E-state index is 12.0. The quantitative estimate of drug-likeness (QED) is 0.660. The highest BCUT2D eigenvalue weighted by molar-refractivity contribution is 6.08. The van der Waals surface area contributed by atoms with Crippen LogP contribution in [0.5, 0.6) is 11.5 Å². The van der Waals surface area contributed by atoms with Gasteiger partial charge in [-0.25, -0.2) is 0 Å². The summed E-state index contributed by atoms with van der Waals surface area (Å²) in [4.78, 5) is 12.0. The van der Waals surface area contributed by atoms with Crippen molar-refractivity contribution in [3.63, 3.8) is 0 Å². The van der Waals surface area contributed by atoms with Crippen molar-refractivity contribution in [2.45, 2.75) is 13.8 Å². The highest BCUT2D eigenvalue weighted by atomic mass is 16.3. The molecule has 102 valence electrons. The molecule has 0 aliphatic heterocycles. The Morgan fingerprint density at radius 1 is 1.05 bits per heavy atom. The molecule has 0 radical (unpaired) electrons. The number of phenols is 2. The number of aryl methyl sites for hydroxylation is 2. The first-order valence-electron chi connectivity index (χ1n) is 6.29. The van der Waals surface area contributed by atoms with Crippen LogP contribution in [0.1, 0.15) is 27.0 Å². The molecule has 0 aliphatic rings. The van der Waals surface area contributed by atoms with Crippen molar-refractivity contribution >= 4 is 11.9 Å². The van der Waals surface area contributed by atoms with Gasteiger partial charge in [0.2, 0.25) is 0 Å². The van der Waals surface area contributed by atoms with E-state index in [0.717, 1.165) is 16.7 Å². The van der Waals surface area contributed by atoms with Gasteiger partial charge in [0.25, 0.3) is 0 Å². The van der Waals surface area contributed by atoms with Crippen LogP contribution in [0.3, 0.4) is 0 Å². The average molecular weight is 268 g/mol. The topological polar surface area (TPSA) is 57.5 Å². The largest absolute Gasteiger partial charge is 0.507 e. The minimum absolute atomic E-state index is 0.0276. The van der Waals surface area contributed by atoms with E-state index in [9.17, 15) is 15.0 Å². The molecule has 20 heavy (non-hydrogen) atoms. The average Bonchev–Trinajstić information content (AvgIpc) is 2.42. The first kappa shape index (κ1) is 13.9. The van der Waals surface area contributed by atoms with Gasteiger partial charge in [-0.1, -0.05) is 18.2 Å². The van der Waals surface area contributed by atoms with Crippen molar-refractivity contribution in [1.29, 1.82) is 0 Å². The van der Waals surface area contributed by atoms with Gasteiger partial charge in [-0.3, -0.25) is 4.79 Å². The number of ketones is 1. The van der Waals surface area contributed by atoms with Crippen LogP contribution >= 0.6 is 0 Å². The summed E-state index contributed by atoms with van der Waals surface area (Å²) < 4.78 is 0. The molecule has 3 heteroatoms. The van der Waals surface area contributed by atoms with Crippen LogP contribution in [0.25, 0.3) is 6.08 Å². The molecule has 0 unspecified atom stereocenters. The van der Waals surface area contributed by atoms with Gasteiger partial charge in [0, 0.05) is 0 Å². The molecular formula is C17H16O3. The van der Waals surface area contributed by atoms with Crippen LogP contribution in [-0.2, 0) is 0 Å². The number of hydrogen-bond acceptors (Lipinski definition) is 3. The third-order valence-electron chi connectivity index (χ3n) is 3.11. The molecule has 0 aliphatic carbocycles. The Hall–Kier alpha value is -2.55. The lowest BCUT2D eigenvalue weighted by atomic mass is 10.0. The highest BCUT2D eigenvalue weighted by Gasteiger charge is 2.07. The molecule has 2 rings (SSSR count). The first-order chi connectivity index (χ1) is 9.49. The fraction of sp³-hybridized carbons (Fsp3) is 0.118. The van der Waals surface area contributed by atoms with E-state index in [1.165, 1.54) is 12.1 Å². The lowest BCUT2D eigenvalue weighted by Crippen LogP contribution is -1.94. The Morgan fingerprint density at radius 2 is 1.65 bits per heavy atom. The van der Waals surface area contributed by atoms with E-state index in [0.29, 0.717) is 0 Å². The maximum Gasteiger partial charge on any atom is 0.189 e. The molecular weight excluding hydrogens is 252 g/mol. The van der Waals surface area contributed by atoms with E-state index in [1.807, 2.05) is 13.8 Å². The molecule has 2 N–H and O–H groups in total. The van der Waals surface area contributed by atoms with Crippen molar-refractivity contribution in [2.24, 2.45) is 0 Å². The van der Waals surface area contributed by atoms with Crippen LogP contribution in [0, 0.1) is 13.8 Å². The number of para-hydroxylation sites is 1. The molecule has 0 bridgehead atoms. The van der Waals surface area contributed by atoms with Crippen LogP contribution in [0.4, 0.5) is 0 Å². The van der Waals surface area contributed by atoms with E-state index in [2.05, 4.69) is 0 Å². The van der Waals surface area contributed by atoms with E-state index < -0.39 is 0 Å². The lowest BCUT2D eigenvalue weighted by molar-refractivity contribution is 0.104. The number of benzene rings is 2. The zero-order chi connectivity index (χ0) is 14.7. The second-order valence-corrected chi connectivity index (χ2v) is 4.72. The van der Waals surface area contributed by atoms with E-state index in [-0.39, 0.29) is 22.8 Å². The number of aromatic hydroxyl groups is 2. The molecule has 0 heterocycles. The monoisotopic (exact) mass is 268 g/mol. The SMILES string of the molecule is Cc1cc(/C=C/C(=O)c2ccccc2O)cc(C)c1O. The molecule has 2 aromatic rings. The predicted molar refractivity (Wildman–Crippen MR) is 79.1 cm³/mol. The summed E-state index contributed by atoms with van der Waals surface area (Å²) in [6.45, 7) is 3.62. The summed E-state index contributed by atoms with van der Waals surface area (Å²) in [5.41, 5.74) is 2.64. The van der Waals surface area contributed by atoms with E-state index >= 15 is 0 Å². The zero-order valence-electron chi connectivity index (χ0n) is 11.4. The second-order valence-electron chi connectivity index (χ2n) is 4.72. The van der Waals surface area contributed by atoms with Gasteiger partial charge >= 0.3 is 0 Å². The number of rotatable bonds is 3. The molecule has 0 atom stereocenters. The van der Waals surface area contributed by atoms with Gasteiger partial charge in [-0.15, -0.1) is 0 Å². The highest BCUT2D eigenvalue weighted by Crippen LogP contribution is 2.24. The molecule has 0 aromatic heterocycles. The van der Waals surface area contributed by atoms with Crippen molar-refractivity contribution in [3.8, 4) is 11.5 Å². The zero-order valence-corrected chi connectivity index (χ0v) is 11.4. The van der Waals surface area contributed by atoms with Gasteiger partial charge in [-0.2, -0.15) is 0 Å². The molecule has 3 nitrogen and oxygen atoms in total. The first-order valence-corrected chi connectivity index (χ1v) is 6.29. The van der Waals surface area contributed by atoms with E-state index in [1.54, 1.807) is 36.4 Å². The van der Waals surface area contributed by atoms with Crippen molar-refractivity contribution < 1.29 is 15.0 Å². The summed E-state index contributed by atoms with van der Waals surface area (Å²) in [6.07, 6.45) is 3.09. The van der Waals surface area contributed by atoms with Crippen LogP contribution in [-0.4, -0.2) is 16.0 Å². The Balaban J connectivity index is 2.26. The number of carbonyl (C=O) groups is 1. The maximum absolute atomic E-state index is 12.0. The Bertz CT molecular complexity index is 661. The normalized spacial score (nSPS) is 10.9. The van der Waals surface area contributed by atoms with Crippen LogP contribution < -0.4 is 0 Å². The third-order valence-corrected chi connectivity index (χ3v) is 3.11. The minimum Gasteiger partial charge on any atom is -0.507 e. The van der Waals surface area contributed by atoms with Crippen molar-refractivity contribution in [3.05, 3.63) is 64.7 Å². The molecule has 0 saturated carbocycles. The Labute approximate surface area is 117 Å². The number of carbonyl (C=O) groups excluding carboxylic acids is 1. The summed E-state index contributed by atoms with van der Waals surface area (Å²) >= 11 is 0. The van der Waals surface area contributed by atoms with Gasteiger partial charge < -0.3 is 10.2 Å². The summed E-state index contributed by atoms with van der Waals surface area (Å²) in [5.74, 6) is -0.0131. The van der Waals surface area contributed by atoms with Gasteiger partial charge in [-0.05, 0) is 60.9 Å². The Kier molecular flexibility index (Phi) is 3.89. The van der Waals surface area contributed by atoms with Crippen molar-refractivity contribution in [1.82, 2.24) is 0 Å². The summed E-state index contributed by atoms with van der Waals surface area (Å²) in [5, 5.41) is 19.3. The molecule has 2 aromatic carbocycles. The number of phenolic OH excluding ortho intramolecular Hbond substituents is 2. The summed E-state index contributed by atoms with van der Waals surface area (Å²) in [7, 11) is 0. The van der Waals surface area contributed by atoms with Gasteiger partial charge in [0.15, 0.2) is 5.78 Å². The summed E-state index contributed by atoms with van der Waals surface area (Å²) in [6, 6.07) is 10.0. The van der Waals surface area contributed by atoms with Crippen LogP contribution in [0.15, 0.2) is 42.5 Å². The van der Waals surface area contributed by atoms with Gasteiger partial charge in [0.05, 0.1) is 5.56 Å². The lowest BCUT2D eigenvalue weighted by Gasteiger charge is -2.04. The number of hydrogen-bond donors (Lipinski definition) is 2. The predicted octanol–water partition coefficient (Wildman–Crippen LogP) is 3.61. The molecule has 0 fully saturated rings. The molecule has 0 amide bonds. The fourth-order valence-electron chi connectivity index (χ4n) is 2.03. The fourth-order valence-corrected chi connectivity index (χ4v) is 2.03. The van der Waals surface area contributed by atoms with E-state index in [4.69, 9.17) is 0 Å². The minimum atomic E-state index is -0.258. The number of allylic oxidation sites excluding steroid dienone is 1. The van der Waals surface area contributed by atoms with Crippen LogP contribution in [0.2, 0.25) is 0 Å². The Morgan fingerprint density at radius 3 is 2.25 bits per heavy atom. The standard InChI is InChI=1S/C17H16O3/c1-11-9-13(10-12(2)17(11)20)7-8-16(19)14-5-3-4-6-15(14)18/h3-10,18,20H,1-2H3/b8-7+. The van der Waals surface area contributed by atoms with Crippen molar-refractivity contribution in [2.75, 3.05) is 0 Å².